The number of carbonyl (C=O) groups is 1. The van der Waals surface area contributed by atoms with Gasteiger partial charge in [0, 0.05) is 17.3 Å². The summed E-state index contributed by atoms with van der Waals surface area (Å²) in [7, 11) is 0. The SMILES string of the molecule is Cc1ccc2cc(C(=O)NO)cnc2n1. The molecule has 0 unspecified atom stereocenters. The van der Waals surface area contributed by atoms with Gasteiger partial charge in [0.25, 0.3) is 5.91 Å². The molecule has 0 saturated carbocycles. The molecule has 0 radical (unpaired) electrons. The first-order valence-corrected chi connectivity index (χ1v) is 4.38. The Hall–Kier alpha value is -2.01. The van der Waals surface area contributed by atoms with Crippen LogP contribution in [0.2, 0.25) is 0 Å². The molecular formula is C10H9N3O2. The number of pyridine rings is 2. The maximum absolute atomic E-state index is 11.1. The van der Waals surface area contributed by atoms with E-state index in [0.717, 1.165) is 11.1 Å². The Labute approximate surface area is 85.7 Å². The van der Waals surface area contributed by atoms with Crippen molar-refractivity contribution in [3.8, 4) is 0 Å². The van der Waals surface area contributed by atoms with Crippen LogP contribution in [0.25, 0.3) is 11.0 Å². The second kappa shape index (κ2) is 3.62. The van der Waals surface area contributed by atoms with Gasteiger partial charge in [0.15, 0.2) is 5.65 Å². The van der Waals surface area contributed by atoms with Crippen molar-refractivity contribution in [1.29, 1.82) is 0 Å². The van der Waals surface area contributed by atoms with Crippen molar-refractivity contribution in [2.45, 2.75) is 6.92 Å². The molecule has 0 aromatic carbocycles. The molecule has 2 heterocycles. The van der Waals surface area contributed by atoms with Gasteiger partial charge >= 0.3 is 0 Å². The third-order valence-electron chi connectivity index (χ3n) is 2.05. The molecule has 2 aromatic rings. The van der Waals surface area contributed by atoms with E-state index in [9.17, 15) is 4.79 Å². The molecular weight excluding hydrogens is 194 g/mol. The summed E-state index contributed by atoms with van der Waals surface area (Å²) in [6.07, 6.45) is 1.38. The van der Waals surface area contributed by atoms with Crippen molar-refractivity contribution in [2.24, 2.45) is 0 Å². The van der Waals surface area contributed by atoms with Crippen LogP contribution in [0.5, 0.6) is 0 Å². The van der Waals surface area contributed by atoms with Gasteiger partial charge in [-0.05, 0) is 25.1 Å². The van der Waals surface area contributed by atoms with Crippen molar-refractivity contribution >= 4 is 16.9 Å². The second-order valence-electron chi connectivity index (χ2n) is 3.16. The lowest BCUT2D eigenvalue weighted by Gasteiger charge is -2.01. The number of nitrogens with zero attached hydrogens (tertiary/aromatic N) is 2. The van der Waals surface area contributed by atoms with E-state index in [1.165, 1.54) is 6.20 Å². The highest BCUT2D eigenvalue weighted by Gasteiger charge is 2.06. The predicted octanol–water partition coefficient (Wildman–Crippen LogP) is 1.06. The zero-order chi connectivity index (χ0) is 10.8. The van der Waals surface area contributed by atoms with E-state index in [4.69, 9.17) is 5.21 Å². The molecule has 0 aliphatic rings. The van der Waals surface area contributed by atoms with Crippen LogP contribution >= 0.6 is 0 Å². The molecule has 0 saturated heterocycles. The quantitative estimate of drug-likeness (QED) is 0.536. The topological polar surface area (TPSA) is 75.1 Å². The summed E-state index contributed by atoms with van der Waals surface area (Å²) in [5.74, 6) is -0.579. The van der Waals surface area contributed by atoms with Crippen LogP contribution < -0.4 is 5.48 Å². The fraction of sp³-hybridized carbons (Fsp3) is 0.100. The lowest BCUT2D eigenvalue weighted by atomic mass is 10.2. The lowest BCUT2D eigenvalue weighted by Crippen LogP contribution is -2.18. The van der Waals surface area contributed by atoms with E-state index in [1.807, 2.05) is 19.1 Å². The summed E-state index contributed by atoms with van der Waals surface area (Å²) in [4.78, 5) is 19.3. The minimum atomic E-state index is -0.579. The fourth-order valence-electron chi connectivity index (χ4n) is 1.29. The Bertz CT molecular complexity index is 525. The van der Waals surface area contributed by atoms with Crippen LogP contribution in [0, 0.1) is 6.92 Å². The Morgan fingerprint density at radius 3 is 3.00 bits per heavy atom. The molecule has 0 atom stereocenters. The summed E-state index contributed by atoms with van der Waals surface area (Å²) >= 11 is 0. The van der Waals surface area contributed by atoms with E-state index in [2.05, 4.69) is 9.97 Å². The van der Waals surface area contributed by atoms with Gasteiger partial charge in [-0.2, -0.15) is 0 Å². The third kappa shape index (κ3) is 1.77. The molecule has 0 spiro atoms. The zero-order valence-electron chi connectivity index (χ0n) is 8.06. The fourth-order valence-corrected chi connectivity index (χ4v) is 1.29. The Morgan fingerprint density at radius 1 is 1.47 bits per heavy atom. The average molecular weight is 203 g/mol. The number of aryl methyl sites for hydroxylation is 1. The van der Waals surface area contributed by atoms with E-state index >= 15 is 0 Å². The van der Waals surface area contributed by atoms with Crippen LogP contribution in [-0.2, 0) is 0 Å². The van der Waals surface area contributed by atoms with Crippen LogP contribution in [0.4, 0.5) is 0 Å². The van der Waals surface area contributed by atoms with E-state index in [-0.39, 0.29) is 0 Å². The molecule has 2 rings (SSSR count). The minimum Gasteiger partial charge on any atom is -0.288 e. The predicted molar refractivity (Wildman–Crippen MR) is 53.5 cm³/mol. The van der Waals surface area contributed by atoms with Crippen LogP contribution in [0.3, 0.4) is 0 Å². The van der Waals surface area contributed by atoms with Crippen LogP contribution in [0.1, 0.15) is 16.1 Å². The molecule has 15 heavy (non-hydrogen) atoms. The van der Waals surface area contributed by atoms with Gasteiger partial charge < -0.3 is 0 Å². The summed E-state index contributed by atoms with van der Waals surface area (Å²) in [5.41, 5.74) is 3.32. The van der Waals surface area contributed by atoms with Gasteiger partial charge in [0.05, 0.1) is 5.56 Å². The average Bonchev–Trinajstić information content (AvgIpc) is 2.27. The van der Waals surface area contributed by atoms with Crippen LogP contribution in [-0.4, -0.2) is 21.1 Å². The Morgan fingerprint density at radius 2 is 2.27 bits per heavy atom. The van der Waals surface area contributed by atoms with Gasteiger partial charge in [-0.15, -0.1) is 0 Å². The normalized spacial score (nSPS) is 10.3. The van der Waals surface area contributed by atoms with E-state index < -0.39 is 5.91 Å². The summed E-state index contributed by atoms with van der Waals surface area (Å²) in [6, 6.07) is 5.30. The highest BCUT2D eigenvalue weighted by Crippen LogP contribution is 2.11. The maximum Gasteiger partial charge on any atom is 0.276 e. The number of hydrogen-bond donors (Lipinski definition) is 2. The maximum atomic E-state index is 11.1. The highest BCUT2D eigenvalue weighted by atomic mass is 16.5. The molecule has 5 heteroatoms. The Balaban J connectivity index is 2.57. The first kappa shape index (κ1) is 9.54. The third-order valence-corrected chi connectivity index (χ3v) is 2.05. The molecule has 0 aliphatic carbocycles. The van der Waals surface area contributed by atoms with Crippen molar-refractivity contribution in [3.05, 3.63) is 35.7 Å². The van der Waals surface area contributed by atoms with Crippen molar-refractivity contribution in [3.63, 3.8) is 0 Å². The largest absolute Gasteiger partial charge is 0.288 e. The number of rotatable bonds is 1. The highest BCUT2D eigenvalue weighted by molar-refractivity contribution is 5.96. The summed E-state index contributed by atoms with van der Waals surface area (Å²) in [6.45, 7) is 1.87. The van der Waals surface area contributed by atoms with Crippen molar-refractivity contribution in [1.82, 2.24) is 15.4 Å². The molecule has 76 valence electrons. The number of amides is 1. The van der Waals surface area contributed by atoms with E-state index in [1.54, 1.807) is 11.5 Å². The molecule has 0 bridgehead atoms. The second-order valence-corrected chi connectivity index (χ2v) is 3.16. The zero-order valence-corrected chi connectivity index (χ0v) is 8.06. The van der Waals surface area contributed by atoms with Gasteiger partial charge in [-0.25, -0.2) is 15.4 Å². The summed E-state index contributed by atoms with van der Waals surface area (Å²) in [5, 5.41) is 9.23. The monoisotopic (exact) mass is 203 g/mol. The molecule has 1 amide bonds. The van der Waals surface area contributed by atoms with Crippen molar-refractivity contribution < 1.29 is 10.0 Å². The number of hydroxylamine groups is 1. The summed E-state index contributed by atoms with van der Waals surface area (Å²) < 4.78 is 0. The van der Waals surface area contributed by atoms with Gasteiger partial charge in [0.2, 0.25) is 0 Å². The standard InChI is InChI=1S/C10H9N3O2/c1-6-2-3-7-4-8(10(14)13-15)5-11-9(7)12-6/h2-5,15H,1H3,(H,13,14). The smallest absolute Gasteiger partial charge is 0.276 e. The minimum absolute atomic E-state index is 0.302. The van der Waals surface area contributed by atoms with Gasteiger partial charge in [-0.1, -0.05) is 0 Å². The van der Waals surface area contributed by atoms with Crippen molar-refractivity contribution in [2.75, 3.05) is 0 Å². The number of fused-ring (bicyclic) bond motifs is 1. The van der Waals surface area contributed by atoms with Crippen LogP contribution in [0.15, 0.2) is 24.4 Å². The van der Waals surface area contributed by atoms with Gasteiger partial charge in [-0.3, -0.25) is 10.0 Å². The number of carbonyl (C=O) groups excluding carboxylic acids is 1. The molecule has 2 aromatic heterocycles. The van der Waals surface area contributed by atoms with Gasteiger partial charge in [0.1, 0.15) is 0 Å². The first-order chi connectivity index (χ1) is 7.20. The first-order valence-electron chi connectivity index (χ1n) is 4.38. The molecule has 2 N–H and O–H groups in total. The number of hydrogen-bond acceptors (Lipinski definition) is 4. The molecule has 5 nitrogen and oxygen atoms in total. The lowest BCUT2D eigenvalue weighted by molar-refractivity contribution is 0.0706. The Kier molecular flexibility index (Phi) is 2.31. The number of nitrogens with one attached hydrogen (secondary N) is 1. The molecule has 0 aliphatic heterocycles. The van der Waals surface area contributed by atoms with E-state index in [0.29, 0.717) is 11.2 Å². The molecule has 0 fully saturated rings. The number of aromatic nitrogens is 2.